The molecule has 1 nitrogen and oxygen atoms in total. The molecule has 1 unspecified atom stereocenters. The molecule has 0 N–H and O–H groups in total. The van der Waals surface area contributed by atoms with Crippen LogP contribution in [0.2, 0.25) is 0 Å². The fraction of sp³-hybridized carbons (Fsp3) is 0.800. The molecule has 0 saturated carbocycles. The van der Waals surface area contributed by atoms with Gasteiger partial charge in [-0.1, -0.05) is 26.7 Å². The van der Waals surface area contributed by atoms with Crippen LogP contribution in [0.5, 0.6) is 0 Å². The maximum Gasteiger partial charge on any atom is 0.0732 e. The molecule has 1 heteroatoms. The summed E-state index contributed by atoms with van der Waals surface area (Å²) in [6.07, 6.45) is 6.58. The van der Waals surface area contributed by atoms with Crippen molar-refractivity contribution in [2.45, 2.75) is 33.2 Å². The average molecular weight is 153 g/mol. The molecule has 0 heterocycles. The molecule has 0 radical (unpaired) electrons. The summed E-state index contributed by atoms with van der Waals surface area (Å²) in [4.78, 5) is 2.24. The van der Waals surface area contributed by atoms with E-state index in [1.807, 2.05) is 0 Å². The van der Waals surface area contributed by atoms with Crippen LogP contribution in [-0.2, 0) is 0 Å². The van der Waals surface area contributed by atoms with Gasteiger partial charge in [0.15, 0.2) is 0 Å². The van der Waals surface area contributed by atoms with Crippen molar-refractivity contribution < 1.29 is 0 Å². The molecule has 0 aromatic heterocycles. The topological polar surface area (TPSA) is 3.24 Å². The third-order valence-corrected chi connectivity index (χ3v) is 1.85. The van der Waals surface area contributed by atoms with Crippen LogP contribution < -0.4 is 0 Å². The molecule has 0 amide bonds. The molecule has 0 aliphatic rings. The van der Waals surface area contributed by atoms with E-state index in [9.17, 15) is 0 Å². The smallest absolute Gasteiger partial charge is 0.0732 e. The quantitative estimate of drug-likeness (QED) is 0.558. The van der Waals surface area contributed by atoms with Crippen LogP contribution in [0.3, 0.4) is 0 Å². The molecule has 0 bridgehead atoms. The minimum Gasteiger partial charge on any atom is -0.293 e. The van der Waals surface area contributed by atoms with Gasteiger partial charge in [0.1, 0.15) is 0 Å². The molecule has 0 aliphatic heterocycles. The highest BCUT2D eigenvalue weighted by atomic mass is 15.1. The fourth-order valence-corrected chi connectivity index (χ4v) is 1.32. The van der Waals surface area contributed by atoms with Crippen molar-refractivity contribution in [3.8, 4) is 12.3 Å². The molecular formula is C10H19N. The van der Waals surface area contributed by atoms with Gasteiger partial charge in [-0.05, 0) is 25.9 Å². The Balaban J connectivity index is 3.94. The van der Waals surface area contributed by atoms with Crippen molar-refractivity contribution in [2.24, 2.45) is 5.92 Å². The van der Waals surface area contributed by atoms with E-state index >= 15 is 0 Å². The van der Waals surface area contributed by atoms with Crippen molar-refractivity contribution >= 4 is 0 Å². The Labute approximate surface area is 70.8 Å². The second-order valence-electron chi connectivity index (χ2n) is 3.34. The van der Waals surface area contributed by atoms with E-state index in [4.69, 9.17) is 6.42 Å². The summed E-state index contributed by atoms with van der Waals surface area (Å²) < 4.78 is 0. The Morgan fingerprint density at radius 2 is 2.00 bits per heavy atom. The van der Waals surface area contributed by atoms with Gasteiger partial charge >= 0.3 is 0 Å². The molecule has 0 aromatic carbocycles. The van der Waals surface area contributed by atoms with Crippen molar-refractivity contribution in [3.63, 3.8) is 0 Å². The van der Waals surface area contributed by atoms with E-state index < -0.39 is 0 Å². The van der Waals surface area contributed by atoms with E-state index in [0.717, 1.165) is 6.54 Å². The summed E-state index contributed by atoms with van der Waals surface area (Å²) in [5.74, 6) is 3.36. The molecule has 0 aromatic rings. The highest BCUT2D eigenvalue weighted by molar-refractivity contribution is 5.00. The Morgan fingerprint density at radius 3 is 2.27 bits per heavy atom. The summed E-state index contributed by atoms with van der Waals surface area (Å²) in [6, 6.07) is 0.301. The van der Waals surface area contributed by atoms with Crippen LogP contribution >= 0.6 is 0 Å². The van der Waals surface area contributed by atoms with Crippen LogP contribution in [-0.4, -0.2) is 24.5 Å². The Hall–Kier alpha value is -0.480. The van der Waals surface area contributed by atoms with Gasteiger partial charge in [0.2, 0.25) is 0 Å². The van der Waals surface area contributed by atoms with Crippen molar-refractivity contribution in [3.05, 3.63) is 0 Å². The summed E-state index contributed by atoms with van der Waals surface area (Å²) in [5.41, 5.74) is 0. The Kier molecular flexibility index (Phi) is 4.98. The first kappa shape index (κ1) is 10.5. The predicted octanol–water partition coefficient (Wildman–Crippen LogP) is 1.99. The van der Waals surface area contributed by atoms with Crippen molar-refractivity contribution in [1.82, 2.24) is 4.90 Å². The molecular weight excluding hydrogens is 134 g/mol. The largest absolute Gasteiger partial charge is 0.293 e. The van der Waals surface area contributed by atoms with Gasteiger partial charge < -0.3 is 0 Å². The Bertz CT molecular complexity index is 132. The van der Waals surface area contributed by atoms with Crippen LogP contribution in [0.1, 0.15) is 27.2 Å². The minimum absolute atomic E-state index is 0.301. The second kappa shape index (κ2) is 5.21. The Morgan fingerprint density at radius 1 is 1.45 bits per heavy atom. The van der Waals surface area contributed by atoms with E-state index in [1.165, 1.54) is 6.42 Å². The van der Waals surface area contributed by atoms with Crippen LogP contribution in [0, 0.1) is 18.3 Å². The third-order valence-electron chi connectivity index (χ3n) is 1.85. The lowest BCUT2D eigenvalue weighted by Gasteiger charge is -2.26. The first-order valence-electron chi connectivity index (χ1n) is 4.29. The molecule has 0 saturated heterocycles. The van der Waals surface area contributed by atoms with Gasteiger partial charge in [-0.15, -0.1) is 6.42 Å². The van der Waals surface area contributed by atoms with Gasteiger partial charge in [0.05, 0.1) is 6.04 Å². The van der Waals surface area contributed by atoms with E-state index in [2.05, 4.69) is 38.6 Å². The molecule has 0 aliphatic carbocycles. The summed E-state index contributed by atoms with van der Waals surface area (Å²) in [5, 5.41) is 0. The molecule has 0 rings (SSSR count). The van der Waals surface area contributed by atoms with E-state index in [1.54, 1.807) is 0 Å². The van der Waals surface area contributed by atoms with Gasteiger partial charge in [-0.3, -0.25) is 4.90 Å². The molecule has 64 valence electrons. The van der Waals surface area contributed by atoms with Gasteiger partial charge in [0, 0.05) is 0 Å². The number of terminal acetylenes is 1. The van der Waals surface area contributed by atoms with E-state index in [-0.39, 0.29) is 0 Å². The zero-order valence-electron chi connectivity index (χ0n) is 8.09. The zero-order valence-corrected chi connectivity index (χ0v) is 8.09. The standard InChI is InChI=1S/C10H19N/c1-6-8-11(5)10(7-2)9(3)4/h2,9-10H,6,8H2,1,3-5H3. The SMILES string of the molecule is C#CC(C(C)C)N(C)CCC. The maximum atomic E-state index is 5.41. The number of hydrogen-bond donors (Lipinski definition) is 0. The number of hydrogen-bond acceptors (Lipinski definition) is 1. The number of nitrogens with zero attached hydrogens (tertiary/aromatic N) is 1. The molecule has 0 fully saturated rings. The summed E-state index contributed by atoms with van der Waals surface area (Å²) in [6.45, 7) is 7.59. The van der Waals surface area contributed by atoms with Crippen molar-refractivity contribution in [2.75, 3.05) is 13.6 Å². The second-order valence-corrected chi connectivity index (χ2v) is 3.34. The monoisotopic (exact) mass is 153 g/mol. The predicted molar refractivity (Wildman–Crippen MR) is 50.4 cm³/mol. The maximum absolute atomic E-state index is 5.41. The first-order valence-corrected chi connectivity index (χ1v) is 4.29. The van der Waals surface area contributed by atoms with Crippen molar-refractivity contribution in [1.29, 1.82) is 0 Å². The van der Waals surface area contributed by atoms with Crippen LogP contribution in [0.4, 0.5) is 0 Å². The third kappa shape index (κ3) is 3.43. The number of rotatable bonds is 4. The lowest BCUT2D eigenvalue weighted by Crippen LogP contribution is -2.35. The lowest BCUT2D eigenvalue weighted by atomic mass is 10.0. The van der Waals surface area contributed by atoms with Gasteiger partial charge in [0.25, 0.3) is 0 Å². The lowest BCUT2D eigenvalue weighted by molar-refractivity contribution is 0.241. The first-order chi connectivity index (χ1) is 5.13. The van der Waals surface area contributed by atoms with Gasteiger partial charge in [-0.25, -0.2) is 0 Å². The molecule has 11 heavy (non-hydrogen) atoms. The normalized spacial score (nSPS) is 13.5. The minimum atomic E-state index is 0.301. The zero-order chi connectivity index (χ0) is 8.85. The fourth-order valence-electron chi connectivity index (χ4n) is 1.32. The summed E-state index contributed by atoms with van der Waals surface area (Å²) >= 11 is 0. The molecule has 0 spiro atoms. The summed E-state index contributed by atoms with van der Waals surface area (Å²) in [7, 11) is 2.09. The average Bonchev–Trinajstić information content (AvgIpc) is 1.88. The van der Waals surface area contributed by atoms with E-state index in [0.29, 0.717) is 12.0 Å². The highest BCUT2D eigenvalue weighted by Crippen LogP contribution is 2.07. The van der Waals surface area contributed by atoms with Crippen LogP contribution in [0.15, 0.2) is 0 Å². The molecule has 1 atom stereocenters. The van der Waals surface area contributed by atoms with Gasteiger partial charge in [-0.2, -0.15) is 0 Å². The van der Waals surface area contributed by atoms with Crippen LogP contribution in [0.25, 0.3) is 0 Å². The highest BCUT2D eigenvalue weighted by Gasteiger charge is 2.13.